The van der Waals surface area contributed by atoms with Gasteiger partial charge < -0.3 is 14.9 Å². The van der Waals surface area contributed by atoms with Crippen molar-refractivity contribution in [3.05, 3.63) is 12.2 Å². The van der Waals surface area contributed by atoms with Gasteiger partial charge in [0.15, 0.2) is 0 Å². The zero-order valence-electron chi connectivity index (χ0n) is 9.69. The molecule has 2 unspecified atom stereocenters. The summed E-state index contributed by atoms with van der Waals surface area (Å²) in [4.78, 5) is 11.3. The highest BCUT2D eigenvalue weighted by Gasteiger charge is 2.43. The summed E-state index contributed by atoms with van der Waals surface area (Å²) < 4.78 is 4.87. The Morgan fingerprint density at radius 1 is 1.62 bits per heavy atom. The minimum absolute atomic E-state index is 0.308. The molecule has 1 saturated carbocycles. The Bertz CT molecular complexity index is 262. The molecule has 4 nitrogen and oxygen atoms in total. The first kappa shape index (κ1) is 13.2. The van der Waals surface area contributed by atoms with Gasteiger partial charge >= 0.3 is 5.97 Å². The van der Waals surface area contributed by atoms with Crippen LogP contribution in [0.2, 0.25) is 0 Å². The van der Waals surface area contributed by atoms with Crippen LogP contribution in [0.5, 0.6) is 0 Å². The molecule has 0 aromatic carbocycles. The van der Waals surface area contributed by atoms with Gasteiger partial charge in [0.2, 0.25) is 5.79 Å². The van der Waals surface area contributed by atoms with E-state index in [4.69, 9.17) is 4.74 Å². The van der Waals surface area contributed by atoms with E-state index >= 15 is 0 Å². The van der Waals surface area contributed by atoms with Crippen LogP contribution in [0.1, 0.15) is 45.4 Å². The van der Waals surface area contributed by atoms with Crippen LogP contribution in [0.15, 0.2) is 12.2 Å². The van der Waals surface area contributed by atoms with Crippen LogP contribution in [0.4, 0.5) is 0 Å². The van der Waals surface area contributed by atoms with Crippen molar-refractivity contribution in [2.45, 2.75) is 57.3 Å². The topological polar surface area (TPSA) is 66.8 Å². The van der Waals surface area contributed by atoms with Crippen LogP contribution in [0.25, 0.3) is 0 Å². The Morgan fingerprint density at radius 3 is 2.94 bits per heavy atom. The van der Waals surface area contributed by atoms with Crippen LogP contribution in [0, 0.1) is 0 Å². The first-order valence-electron chi connectivity index (χ1n) is 5.88. The molecule has 0 aromatic rings. The standard InChI is InChI=1S/C12H20O4/c1-2-3-4-5-8-11(14)16-12(15)9-6-7-10(12)13/h5,8,10,13,15H,2-4,6-7,9H2,1H3. The number of carbonyl (C=O) groups is 1. The lowest BCUT2D eigenvalue weighted by Crippen LogP contribution is -2.41. The minimum Gasteiger partial charge on any atom is -0.427 e. The normalized spacial score (nSPS) is 29.8. The van der Waals surface area contributed by atoms with Crippen LogP contribution >= 0.6 is 0 Å². The molecule has 1 rings (SSSR count). The summed E-state index contributed by atoms with van der Waals surface area (Å²) in [7, 11) is 0. The maximum Gasteiger partial charge on any atom is 0.333 e. The molecule has 16 heavy (non-hydrogen) atoms. The summed E-state index contributed by atoms with van der Waals surface area (Å²) in [6.45, 7) is 2.07. The lowest BCUT2D eigenvalue weighted by atomic mass is 10.2. The van der Waals surface area contributed by atoms with E-state index in [0.29, 0.717) is 19.3 Å². The maximum atomic E-state index is 11.3. The SMILES string of the molecule is CCCCC=CC(=O)OC1(O)CCCC1O. The van der Waals surface area contributed by atoms with Gasteiger partial charge in [0.05, 0.1) is 0 Å². The van der Waals surface area contributed by atoms with E-state index in [2.05, 4.69) is 6.92 Å². The summed E-state index contributed by atoms with van der Waals surface area (Å²) in [5.74, 6) is -2.26. The molecule has 1 fully saturated rings. The quantitative estimate of drug-likeness (QED) is 0.324. The Labute approximate surface area is 95.9 Å². The molecule has 0 heterocycles. The van der Waals surface area contributed by atoms with E-state index in [9.17, 15) is 15.0 Å². The Hall–Kier alpha value is -0.870. The van der Waals surface area contributed by atoms with Crippen molar-refractivity contribution in [3.8, 4) is 0 Å². The molecule has 0 saturated heterocycles. The molecule has 0 bridgehead atoms. The van der Waals surface area contributed by atoms with Crippen molar-refractivity contribution >= 4 is 5.97 Å². The van der Waals surface area contributed by atoms with E-state index in [1.54, 1.807) is 6.08 Å². The minimum atomic E-state index is -1.67. The zero-order valence-corrected chi connectivity index (χ0v) is 9.69. The first-order chi connectivity index (χ1) is 7.58. The second-order valence-electron chi connectivity index (χ2n) is 4.22. The Kier molecular flexibility index (Phi) is 4.96. The summed E-state index contributed by atoms with van der Waals surface area (Å²) >= 11 is 0. The van der Waals surface area contributed by atoms with Crippen LogP contribution in [-0.2, 0) is 9.53 Å². The van der Waals surface area contributed by atoms with E-state index in [1.807, 2.05) is 0 Å². The highest BCUT2D eigenvalue weighted by molar-refractivity contribution is 5.82. The summed E-state index contributed by atoms with van der Waals surface area (Å²) in [6.07, 6.45) is 6.47. The van der Waals surface area contributed by atoms with Crippen molar-refractivity contribution in [3.63, 3.8) is 0 Å². The molecule has 2 N–H and O–H groups in total. The van der Waals surface area contributed by atoms with Crippen molar-refractivity contribution in [1.82, 2.24) is 0 Å². The molecular formula is C12H20O4. The fourth-order valence-electron chi connectivity index (χ4n) is 1.77. The monoisotopic (exact) mass is 228 g/mol. The van der Waals surface area contributed by atoms with E-state index in [-0.39, 0.29) is 0 Å². The van der Waals surface area contributed by atoms with Crippen molar-refractivity contribution in [1.29, 1.82) is 0 Å². The zero-order chi connectivity index (χ0) is 12.0. The van der Waals surface area contributed by atoms with E-state index in [0.717, 1.165) is 19.3 Å². The molecule has 0 aliphatic heterocycles. The number of unbranched alkanes of at least 4 members (excludes halogenated alkanes) is 2. The fourth-order valence-corrected chi connectivity index (χ4v) is 1.77. The number of rotatable bonds is 5. The second-order valence-corrected chi connectivity index (χ2v) is 4.22. The van der Waals surface area contributed by atoms with Gasteiger partial charge in [-0.15, -0.1) is 0 Å². The molecule has 0 aromatic heterocycles. The maximum absolute atomic E-state index is 11.3. The van der Waals surface area contributed by atoms with Crippen LogP contribution in [0.3, 0.4) is 0 Å². The third-order valence-corrected chi connectivity index (χ3v) is 2.79. The molecule has 2 atom stereocenters. The smallest absolute Gasteiger partial charge is 0.333 e. The first-order valence-corrected chi connectivity index (χ1v) is 5.88. The molecule has 0 radical (unpaired) electrons. The lowest BCUT2D eigenvalue weighted by molar-refractivity contribution is -0.232. The van der Waals surface area contributed by atoms with Crippen molar-refractivity contribution in [2.75, 3.05) is 0 Å². The molecule has 92 valence electrons. The molecule has 4 heteroatoms. The van der Waals surface area contributed by atoms with Crippen molar-refractivity contribution < 1.29 is 19.7 Å². The lowest BCUT2D eigenvalue weighted by Gasteiger charge is -2.25. The van der Waals surface area contributed by atoms with Crippen molar-refractivity contribution in [2.24, 2.45) is 0 Å². The molecule has 0 amide bonds. The fraction of sp³-hybridized carbons (Fsp3) is 0.750. The van der Waals surface area contributed by atoms with Gasteiger partial charge in [0.25, 0.3) is 0 Å². The Balaban J connectivity index is 2.36. The number of allylic oxidation sites excluding steroid dienone is 1. The predicted octanol–water partition coefficient (Wildman–Crippen LogP) is 1.51. The van der Waals surface area contributed by atoms with E-state index in [1.165, 1.54) is 6.08 Å². The Morgan fingerprint density at radius 2 is 2.38 bits per heavy atom. The van der Waals surface area contributed by atoms with Gasteiger partial charge in [-0.1, -0.05) is 25.8 Å². The van der Waals surface area contributed by atoms with Crippen LogP contribution in [-0.4, -0.2) is 28.1 Å². The number of ether oxygens (including phenoxy) is 1. The highest BCUT2D eigenvalue weighted by Crippen LogP contribution is 2.31. The van der Waals surface area contributed by atoms with Gasteiger partial charge in [-0.3, -0.25) is 0 Å². The third-order valence-electron chi connectivity index (χ3n) is 2.79. The van der Waals surface area contributed by atoms with Gasteiger partial charge in [-0.2, -0.15) is 0 Å². The average molecular weight is 228 g/mol. The van der Waals surface area contributed by atoms with E-state index < -0.39 is 17.9 Å². The summed E-state index contributed by atoms with van der Waals surface area (Å²) in [5.41, 5.74) is 0. The number of hydrogen-bond donors (Lipinski definition) is 2. The number of aliphatic hydroxyl groups excluding tert-OH is 1. The molecule has 0 spiro atoms. The van der Waals surface area contributed by atoms with Gasteiger partial charge in [-0.25, -0.2) is 4.79 Å². The van der Waals surface area contributed by atoms with Crippen LogP contribution < -0.4 is 0 Å². The van der Waals surface area contributed by atoms with Gasteiger partial charge in [0.1, 0.15) is 6.10 Å². The summed E-state index contributed by atoms with van der Waals surface area (Å²) in [5, 5.41) is 19.3. The second kappa shape index (κ2) is 6.01. The summed E-state index contributed by atoms with van der Waals surface area (Å²) in [6, 6.07) is 0. The molecular weight excluding hydrogens is 208 g/mol. The predicted molar refractivity (Wildman–Crippen MR) is 59.6 cm³/mol. The van der Waals surface area contributed by atoms with Gasteiger partial charge in [-0.05, 0) is 19.3 Å². The molecule has 1 aliphatic rings. The highest BCUT2D eigenvalue weighted by atomic mass is 16.7. The van der Waals surface area contributed by atoms with Gasteiger partial charge in [0, 0.05) is 12.5 Å². The number of esters is 1. The largest absolute Gasteiger partial charge is 0.427 e. The number of aliphatic hydroxyl groups is 2. The number of hydrogen-bond acceptors (Lipinski definition) is 4. The average Bonchev–Trinajstić information content (AvgIpc) is 2.54. The number of carbonyl (C=O) groups excluding carboxylic acids is 1. The third kappa shape index (κ3) is 3.61. The molecule has 1 aliphatic carbocycles.